The van der Waals surface area contributed by atoms with E-state index in [0.29, 0.717) is 16.0 Å². The summed E-state index contributed by atoms with van der Waals surface area (Å²) >= 11 is 12.9. The molecule has 0 amide bonds. The topological polar surface area (TPSA) is 51.8 Å². The first-order chi connectivity index (χ1) is 7.49. The summed E-state index contributed by atoms with van der Waals surface area (Å²) in [5, 5.41) is 0. The van der Waals surface area contributed by atoms with Crippen molar-refractivity contribution < 1.29 is 0 Å². The summed E-state index contributed by atoms with van der Waals surface area (Å²) in [6.07, 6.45) is 0. The molecule has 0 radical (unpaired) electrons. The van der Waals surface area contributed by atoms with Gasteiger partial charge in [-0.2, -0.15) is 0 Å². The largest absolute Gasteiger partial charge is 0.383 e. The van der Waals surface area contributed by atoms with Crippen molar-refractivity contribution in [3.63, 3.8) is 0 Å². The van der Waals surface area contributed by atoms with Gasteiger partial charge in [0.05, 0.1) is 14.1 Å². The first-order valence-corrected chi connectivity index (χ1v) is 7.30. The van der Waals surface area contributed by atoms with Gasteiger partial charge in [0.25, 0.3) is 0 Å². The van der Waals surface area contributed by atoms with Gasteiger partial charge in [-0.25, -0.2) is 9.97 Å². The van der Waals surface area contributed by atoms with Gasteiger partial charge in [0, 0.05) is 4.47 Å². The Morgan fingerprint density at radius 3 is 2.69 bits per heavy atom. The molecule has 2 N–H and O–H groups in total. The SMILES string of the molecule is Cc1nc(-c2cc(Br)c(Cl)s2)nc(N)c1I. The van der Waals surface area contributed by atoms with Gasteiger partial charge in [-0.3, -0.25) is 0 Å². The summed E-state index contributed by atoms with van der Waals surface area (Å²) in [6.45, 7) is 1.91. The van der Waals surface area contributed by atoms with Crippen molar-refractivity contribution in [2.24, 2.45) is 0 Å². The van der Waals surface area contributed by atoms with Crippen LogP contribution in [0.15, 0.2) is 10.5 Å². The van der Waals surface area contributed by atoms with Crippen molar-refractivity contribution in [1.29, 1.82) is 0 Å². The zero-order valence-electron chi connectivity index (χ0n) is 8.09. The van der Waals surface area contributed by atoms with E-state index >= 15 is 0 Å². The van der Waals surface area contributed by atoms with Crippen molar-refractivity contribution in [1.82, 2.24) is 9.97 Å². The maximum absolute atomic E-state index is 5.97. The fourth-order valence-electron chi connectivity index (χ4n) is 1.15. The monoisotopic (exact) mass is 429 g/mol. The number of aromatic nitrogens is 2. The standard InChI is InChI=1S/C9H6BrClIN3S/c1-3-6(12)8(13)15-9(14-3)5-2-4(10)7(11)16-5/h2H,1H3,(H2,13,14,15). The number of rotatable bonds is 1. The minimum atomic E-state index is 0.503. The van der Waals surface area contributed by atoms with E-state index in [-0.39, 0.29) is 0 Å². The minimum absolute atomic E-state index is 0.503. The smallest absolute Gasteiger partial charge is 0.172 e. The van der Waals surface area contributed by atoms with Gasteiger partial charge in [-0.1, -0.05) is 11.6 Å². The van der Waals surface area contributed by atoms with Crippen molar-refractivity contribution in [3.05, 3.63) is 24.1 Å². The number of nitrogens with zero attached hydrogens (tertiary/aromatic N) is 2. The van der Waals surface area contributed by atoms with Gasteiger partial charge in [0.2, 0.25) is 0 Å². The Hall–Kier alpha value is 0.0800. The molecule has 0 aromatic carbocycles. The predicted molar refractivity (Wildman–Crippen MR) is 79.9 cm³/mol. The van der Waals surface area contributed by atoms with Crippen molar-refractivity contribution in [2.75, 3.05) is 5.73 Å². The first kappa shape index (κ1) is 12.5. The van der Waals surface area contributed by atoms with Crippen molar-refractivity contribution in [3.8, 4) is 10.7 Å². The Bertz CT molecular complexity index is 515. The second kappa shape index (κ2) is 4.75. The first-order valence-electron chi connectivity index (χ1n) is 4.24. The summed E-state index contributed by atoms with van der Waals surface area (Å²) in [6, 6.07) is 1.90. The molecule has 2 heterocycles. The van der Waals surface area contributed by atoms with Crippen LogP contribution in [-0.2, 0) is 0 Å². The average molecular weight is 430 g/mol. The molecule has 0 unspecified atom stereocenters. The van der Waals surface area contributed by atoms with Gasteiger partial charge in [0.1, 0.15) is 10.2 Å². The molecule has 0 saturated carbocycles. The Labute approximate surface area is 124 Å². The second-order valence-corrected chi connectivity index (χ2v) is 6.65. The van der Waals surface area contributed by atoms with Gasteiger partial charge in [0.15, 0.2) is 5.82 Å². The zero-order valence-corrected chi connectivity index (χ0v) is 13.4. The molecule has 16 heavy (non-hydrogen) atoms. The van der Waals surface area contributed by atoms with Crippen LogP contribution >= 0.6 is 61.5 Å². The molecular formula is C9H6BrClIN3S. The van der Waals surface area contributed by atoms with E-state index in [1.165, 1.54) is 11.3 Å². The lowest BCUT2D eigenvalue weighted by molar-refractivity contribution is 1.11. The van der Waals surface area contributed by atoms with Crippen LogP contribution in [0.2, 0.25) is 4.34 Å². The highest BCUT2D eigenvalue weighted by molar-refractivity contribution is 14.1. The van der Waals surface area contributed by atoms with Crippen LogP contribution in [0.4, 0.5) is 5.82 Å². The third kappa shape index (κ3) is 2.34. The minimum Gasteiger partial charge on any atom is -0.383 e. The van der Waals surface area contributed by atoms with Crippen molar-refractivity contribution >= 4 is 67.3 Å². The van der Waals surface area contributed by atoms with E-state index in [1.54, 1.807) is 0 Å². The fourth-order valence-corrected chi connectivity index (χ4v) is 3.03. The molecule has 0 fully saturated rings. The maximum atomic E-state index is 5.97. The number of nitrogens with two attached hydrogens (primary N) is 1. The molecule has 7 heteroatoms. The number of anilines is 1. The van der Waals surface area contributed by atoms with E-state index in [9.17, 15) is 0 Å². The Kier molecular flexibility index (Phi) is 3.72. The lowest BCUT2D eigenvalue weighted by Gasteiger charge is -2.03. The highest BCUT2D eigenvalue weighted by Crippen LogP contribution is 2.37. The van der Waals surface area contributed by atoms with Crippen LogP contribution in [0, 0.1) is 10.5 Å². The summed E-state index contributed by atoms with van der Waals surface area (Å²) in [7, 11) is 0. The third-order valence-corrected chi connectivity index (χ3v) is 5.71. The molecule has 0 bridgehead atoms. The van der Waals surface area contributed by atoms with E-state index in [0.717, 1.165) is 18.6 Å². The molecule has 84 valence electrons. The van der Waals surface area contributed by atoms with E-state index in [4.69, 9.17) is 17.3 Å². The predicted octanol–water partition coefficient (Wildman–Crippen LogP) is 4.12. The van der Waals surface area contributed by atoms with E-state index < -0.39 is 0 Å². The van der Waals surface area contributed by atoms with E-state index in [1.807, 2.05) is 13.0 Å². The van der Waals surface area contributed by atoms with Gasteiger partial charge in [-0.15, -0.1) is 11.3 Å². The number of hydrogen-bond donors (Lipinski definition) is 1. The summed E-state index contributed by atoms with van der Waals surface area (Å²) < 4.78 is 2.43. The second-order valence-electron chi connectivity index (χ2n) is 3.06. The lowest BCUT2D eigenvalue weighted by Crippen LogP contribution is -2.01. The van der Waals surface area contributed by atoms with Crippen molar-refractivity contribution in [2.45, 2.75) is 6.92 Å². The van der Waals surface area contributed by atoms with Gasteiger partial charge in [-0.05, 0) is 51.5 Å². The molecule has 3 nitrogen and oxygen atoms in total. The quantitative estimate of drug-likeness (QED) is 0.693. The molecule has 0 aliphatic heterocycles. The molecule has 0 saturated heterocycles. The number of hydrogen-bond acceptors (Lipinski definition) is 4. The average Bonchev–Trinajstić information content (AvgIpc) is 2.55. The zero-order chi connectivity index (χ0) is 11.9. The normalized spacial score (nSPS) is 10.8. The third-order valence-electron chi connectivity index (χ3n) is 1.91. The molecule has 2 aromatic rings. The highest BCUT2D eigenvalue weighted by atomic mass is 127. The lowest BCUT2D eigenvalue weighted by atomic mass is 10.4. The molecule has 0 atom stereocenters. The molecule has 0 aliphatic rings. The molecule has 0 spiro atoms. The van der Waals surface area contributed by atoms with Crippen LogP contribution in [0.5, 0.6) is 0 Å². The number of aryl methyl sites for hydroxylation is 1. The summed E-state index contributed by atoms with van der Waals surface area (Å²) in [4.78, 5) is 9.54. The Balaban J connectivity index is 2.56. The molecule has 0 aliphatic carbocycles. The highest BCUT2D eigenvalue weighted by Gasteiger charge is 2.12. The number of nitrogen functional groups attached to an aromatic ring is 1. The van der Waals surface area contributed by atoms with Crippen LogP contribution in [0.1, 0.15) is 5.69 Å². The van der Waals surface area contributed by atoms with Crippen LogP contribution in [-0.4, -0.2) is 9.97 Å². The molecule has 2 rings (SSSR count). The maximum Gasteiger partial charge on any atom is 0.172 e. The van der Waals surface area contributed by atoms with Crippen LogP contribution < -0.4 is 5.73 Å². The molecule has 2 aromatic heterocycles. The van der Waals surface area contributed by atoms with Gasteiger partial charge < -0.3 is 5.73 Å². The van der Waals surface area contributed by atoms with Crippen LogP contribution in [0.25, 0.3) is 10.7 Å². The summed E-state index contributed by atoms with van der Waals surface area (Å²) in [5.74, 6) is 1.12. The van der Waals surface area contributed by atoms with E-state index in [2.05, 4.69) is 48.5 Å². The summed E-state index contributed by atoms with van der Waals surface area (Å²) in [5.41, 5.74) is 6.68. The molecular weight excluding hydrogens is 424 g/mol. The van der Waals surface area contributed by atoms with Gasteiger partial charge >= 0.3 is 0 Å². The number of halogens is 3. The Morgan fingerprint density at radius 2 is 2.19 bits per heavy atom. The number of thiophene rings is 1. The fraction of sp³-hybridized carbons (Fsp3) is 0.111. The Morgan fingerprint density at radius 1 is 1.50 bits per heavy atom. The van der Waals surface area contributed by atoms with Crippen LogP contribution in [0.3, 0.4) is 0 Å².